The minimum atomic E-state index is -0.303. The van der Waals surface area contributed by atoms with Crippen LogP contribution in [0.5, 0.6) is 0 Å². The minimum absolute atomic E-state index is 0.0304. The summed E-state index contributed by atoms with van der Waals surface area (Å²) in [7, 11) is 0. The quantitative estimate of drug-likeness (QED) is 0.731. The van der Waals surface area contributed by atoms with Gasteiger partial charge in [-0.25, -0.2) is 0 Å². The number of halogens is 1. The monoisotopic (exact) mass is 469 g/mol. The van der Waals surface area contributed by atoms with E-state index in [1.165, 1.54) is 0 Å². The summed E-state index contributed by atoms with van der Waals surface area (Å²) < 4.78 is 0.973. The number of hydrogen-bond donors (Lipinski definition) is 1. The molecule has 1 atom stereocenters. The van der Waals surface area contributed by atoms with Gasteiger partial charge in [0, 0.05) is 29.7 Å². The second kappa shape index (κ2) is 9.00. The van der Waals surface area contributed by atoms with E-state index in [2.05, 4.69) is 21.2 Å². The molecule has 0 saturated carbocycles. The van der Waals surface area contributed by atoms with E-state index < -0.39 is 0 Å². The molecule has 3 amide bonds. The van der Waals surface area contributed by atoms with Crippen molar-refractivity contribution in [3.63, 3.8) is 0 Å². The van der Waals surface area contributed by atoms with E-state index in [9.17, 15) is 14.4 Å². The van der Waals surface area contributed by atoms with Crippen LogP contribution in [0, 0.1) is 0 Å². The Morgan fingerprint density at radius 1 is 1.07 bits per heavy atom. The zero-order valence-corrected chi connectivity index (χ0v) is 18.2. The van der Waals surface area contributed by atoms with Crippen LogP contribution in [-0.2, 0) is 22.7 Å². The lowest BCUT2D eigenvalue weighted by Gasteiger charge is -2.42. The third-order valence-electron chi connectivity index (χ3n) is 5.68. The molecule has 2 aromatic carbocycles. The number of benzene rings is 2. The fourth-order valence-electron chi connectivity index (χ4n) is 4.08. The molecule has 7 heteroatoms. The normalized spacial score (nSPS) is 18.9. The number of amides is 3. The van der Waals surface area contributed by atoms with Crippen molar-refractivity contribution in [1.82, 2.24) is 15.1 Å². The second-order valence-electron chi connectivity index (χ2n) is 7.80. The molecule has 0 aliphatic carbocycles. The molecule has 2 aliphatic rings. The minimum Gasteiger partial charge on any atom is -0.348 e. The third-order valence-corrected chi connectivity index (χ3v) is 6.17. The smallest absolute Gasteiger partial charge is 0.251 e. The van der Waals surface area contributed by atoms with E-state index in [1.54, 1.807) is 21.9 Å². The number of hydrogen-bond acceptors (Lipinski definition) is 3. The van der Waals surface area contributed by atoms with E-state index in [0.29, 0.717) is 25.2 Å². The SMILES string of the molecule is O=C(NCc1cccc(Br)c1)c1ccc(CN2CC(=O)N3CCCC[C@@H]3C2=O)cc1. The predicted molar refractivity (Wildman–Crippen MR) is 117 cm³/mol. The summed E-state index contributed by atoms with van der Waals surface area (Å²) in [5, 5.41) is 2.91. The molecule has 0 spiro atoms. The van der Waals surface area contributed by atoms with Gasteiger partial charge in [-0.15, -0.1) is 0 Å². The third kappa shape index (κ3) is 4.56. The summed E-state index contributed by atoms with van der Waals surface area (Å²) in [6.07, 6.45) is 2.70. The first-order valence-corrected chi connectivity index (χ1v) is 11.0. The maximum atomic E-state index is 12.8. The molecule has 2 aromatic rings. The van der Waals surface area contributed by atoms with Crippen LogP contribution in [0.3, 0.4) is 0 Å². The Kier molecular flexibility index (Phi) is 6.18. The number of nitrogens with zero attached hydrogens (tertiary/aromatic N) is 2. The van der Waals surface area contributed by atoms with Crippen molar-refractivity contribution in [3.8, 4) is 0 Å². The van der Waals surface area contributed by atoms with Gasteiger partial charge in [-0.3, -0.25) is 14.4 Å². The van der Waals surface area contributed by atoms with Crippen LogP contribution in [0.4, 0.5) is 0 Å². The largest absolute Gasteiger partial charge is 0.348 e. The fourth-order valence-corrected chi connectivity index (χ4v) is 4.52. The summed E-state index contributed by atoms with van der Waals surface area (Å²) in [5.41, 5.74) is 2.48. The Bertz CT molecular complexity index is 960. The van der Waals surface area contributed by atoms with Crippen molar-refractivity contribution >= 4 is 33.7 Å². The van der Waals surface area contributed by atoms with Crippen molar-refractivity contribution in [2.45, 2.75) is 38.4 Å². The lowest BCUT2D eigenvalue weighted by molar-refractivity contribution is -0.158. The molecule has 0 bridgehead atoms. The molecule has 156 valence electrons. The van der Waals surface area contributed by atoms with Gasteiger partial charge in [0.05, 0.1) is 0 Å². The zero-order valence-electron chi connectivity index (χ0n) is 16.6. The molecule has 6 nitrogen and oxygen atoms in total. The zero-order chi connectivity index (χ0) is 21.1. The molecule has 0 radical (unpaired) electrons. The predicted octanol–water partition coefficient (Wildman–Crippen LogP) is 3.10. The molecule has 2 fully saturated rings. The first-order chi connectivity index (χ1) is 14.5. The molecule has 2 saturated heterocycles. The van der Waals surface area contributed by atoms with Crippen molar-refractivity contribution in [1.29, 1.82) is 0 Å². The van der Waals surface area contributed by atoms with Gasteiger partial charge in [-0.1, -0.05) is 40.2 Å². The molecule has 1 N–H and O–H groups in total. The molecule has 2 aliphatic heterocycles. The number of piperazine rings is 1. The van der Waals surface area contributed by atoms with Crippen LogP contribution in [-0.4, -0.2) is 46.7 Å². The van der Waals surface area contributed by atoms with Gasteiger partial charge >= 0.3 is 0 Å². The Labute approximate surface area is 184 Å². The Balaban J connectivity index is 1.35. The molecule has 4 rings (SSSR count). The van der Waals surface area contributed by atoms with Crippen LogP contribution in [0.15, 0.2) is 53.0 Å². The van der Waals surface area contributed by atoms with Gasteiger partial charge in [-0.2, -0.15) is 0 Å². The first-order valence-electron chi connectivity index (χ1n) is 10.2. The van der Waals surface area contributed by atoms with Crippen molar-refractivity contribution in [2.24, 2.45) is 0 Å². The lowest BCUT2D eigenvalue weighted by atomic mass is 9.98. The van der Waals surface area contributed by atoms with Crippen LogP contribution in [0.1, 0.15) is 40.7 Å². The average Bonchev–Trinajstić information content (AvgIpc) is 2.76. The van der Waals surface area contributed by atoms with Gasteiger partial charge < -0.3 is 15.1 Å². The van der Waals surface area contributed by atoms with E-state index in [-0.39, 0.29) is 30.3 Å². The summed E-state index contributed by atoms with van der Waals surface area (Å²) in [5.74, 6) is -0.0865. The van der Waals surface area contributed by atoms with E-state index >= 15 is 0 Å². The first kappa shape index (κ1) is 20.6. The summed E-state index contributed by atoms with van der Waals surface area (Å²) in [4.78, 5) is 41.0. The van der Waals surface area contributed by atoms with Crippen molar-refractivity contribution < 1.29 is 14.4 Å². The van der Waals surface area contributed by atoms with E-state index in [1.807, 2.05) is 36.4 Å². The summed E-state index contributed by atoms with van der Waals surface area (Å²) >= 11 is 3.43. The van der Waals surface area contributed by atoms with E-state index in [0.717, 1.165) is 34.9 Å². The Morgan fingerprint density at radius 3 is 2.63 bits per heavy atom. The lowest BCUT2D eigenvalue weighted by Crippen LogP contribution is -2.60. The summed E-state index contributed by atoms with van der Waals surface area (Å²) in [6, 6.07) is 14.7. The van der Waals surface area contributed by atoms with Gasteiger partial charge in [-0.05, 0) is 54.7 Å². The maximum Gasteiger partial charge on any atom is 0.251 e. The second-order valence-corrected chi connectivity index (χ2v) is 8.72. The van der Waals surface area contributed by atoms with Crippen LogP contribution in [0.25, 0.3) is 0 Å². The van der Waals surface area contributed by atoms with Crippen LogP contribution in [0.2, 0.25) is 0 Å². The van der Waals surface area contributed by atoms with Crippen molar-refractivity contribution in [2.75, 3.05) is 13.1 Å². The average molecular weight is 470 g/mol. The molecule has 2 heterocycles. The molecular weight excluding hydrogens is 446 g/mol. The number of rotatable bonds is 5. The number of fused-ring (bicyclic) bond motifs is 1. The standard InChI is InChI=1S/C23H24BrN3O3/c24-19-5-3-4-17(12-19)13-25-22(29)18-9-7-16(8-10-18)14-26-15-21(28)27-11-2-1-6-20(27)23(26)30/h3-5,7-10,12,20H,1-2,6,11,13-15H2,(H,25,29)/t20-/m1/s1. The molecule has 0 unspecified atom stereocenters. The highest BCUT2D eigenvalue weighted by atomic mass is 79.9. The fraction of sp³-hybridized carbons (Fsp3) is 0.348. The van der Waals surface area contributed by atoms with Crippen LogP contribution < -0.4 is 5.32 Å². The van der Waals surface area contributed by atoms with Crippen LogP contribution >= 0.6 is 15.9 Å². The van der Waals surface area contributed by atoms with E-state index in [4.69, 9.17) is 0 Å². The van der Waals surface area contributed by atoms with Gasteiger partial charge in [0.25, 0.3) is 5.91 Å². The number of piperidine rings is 1. The summed E-state index contributed by atoms with van der Waals surface area (Å²) in [6.45, 7) is 1.65. The Morgan fingerprint density at radius 2 is 1.87 bits per heavy atom. The number of nitrogens with one attached hydrogen (secondary N) is 1. The highest BCUT2D eigenvalue weighted by Gasteiger charge is 2.40. The highest BCUT2D eigenvalue weighted by molar-refractivity contribution is 9.10. The molecule has 30 heavy (non-hydrogen) atoms. The number of carbonyl (C=O) groups excluding carboxylic acids is 3. The topological polar surface area (TPSA) is 69.7 Å². The van der Waals surface area contributed by atoms with Crippen molar-refractivity contribution in [3.05, 3.63) is 69.7 Å². The number of carbonyl (C=O) groups is 3. The van der Waals surface area contributed by atoms with Gasteiger partial charge in [0.2, 0.25) is 11.8 Å². The molecular formula is C23H24BrN3O3. The van der Waals surface area contributed by atoms with Gasteiger partial charge in [0.15, 0.2) is 0 Å². The highest BCUT2D eigenvalue weighted by Crippen LogP contribution is 2.24. The molecule has 0 aromatic heterocycles. The maximum absolute atomic E-state index is 12.8. The van der Waals surface area contributed by atoms with Gasteiger partial charge in [0.1, 0.15) is 12.6 Å². The Hall–Kier alpha value is -2.67.